The average Bonchev–Trinajstić information content (AvgIpc) is 3.47. The third-order valence-corrected chi connectivity index (χ3v) is 6.47. The van der Waals surface area contributed by atoms with Gasteiger partial charge < -0.3 is 24.1 Å². The van der Waals surface area contributed by atoms with Crippen LogP contribution in [0, 0.1) is 0 Å². The van der Waals surface area contributed by atoms with E-state index in [4.69, 9.17) is 14.2 Å². The zero-order valence-electron chi connectivity index (χ0n) is 18.2. The van der Waals surface area contributed by atoms with Crippen LogP contribution < -0.4 is 19.5 Å². The lowest BCUT2D eigenvalue weighted by Crippen LogP contribution is -2.42. The molecule has 1 saturated carbocycles. The second-order valence-corrected chi connectivity index (χ2v) is 8.43. The van der Waals surface area contributed by atoms with Gasteiger partial charge in [-0.1, -0.05) is 25.3 Å². The maximum Gasteiger partial charge on any atom is 0.235 e. The Morgan fingerprint density at radius 1 is 1.09 bits per heavy atom. The quantitative estimate of drug-likeness (QED) is 0.616. The van der Waals surface area contributed by atoms with Gasteiger partial charge in [0.15, 0.2) is 11.5 Å². The molecule has 7 nitrogen and oxygen atoms in total. The average molecular weight is 434 g/mol. The molecule has 0 atom stereocenters. The van der Waals surface area contributed by atoms with Gasteiger partial charge in [0.1, 0.15) is 18.2 Å². The van der Waals surface area contributed by atoms with Crippen molar-refractivity contribution in [2.75, 3.05) is 12.1 Å². The Balaban J connectivity index is 1.31. The summed E-state index contributed by atoms with van der Waals surface area (Å²) in [5.41, 5.74) is 1.19. The SMILES string of the molecule is Cn1ccnc1COc1ccc(NC(=O)C2(c3ccc4c(c3)OCO4)CCCCC2)cc1. The van der Waals surface area contributed by atoms with Crippen LogP contribution in [0.4, 0.5) is 5.69 Å². The molecule has 166 valence electrons. The van der Waals surface area contributed by atoms with Gasteiger partial charge in [0.25, 0.3) is 0 Å². The summed E-state index contributed by atoms with van der Waals surface area (Å²) in [6.45, 7) is 0.620. The number of hydrogen-bond donors (Lipinski definition) is 1. The predicted molar refractivity (Wildman–Crippen MR) is 120 cm³/mol. The van der Waals surface area contributed by atoms with E-state index in [-0.39, 0.29) is 12.7 Å². The molecule has 7 heteroatoms. The zero-order chi connectivity index (χ0) is 22.0. The maximum atomic E-state index is 13.6. The van der Waals surface area contributed by atoms with Crippen molar-refractivity contribution in [2.45, 2.75) is 44.1 Å². The van der Waals surface area contributed by atoms with E-state index >= 15 is 0 Å². The van der Waals surface area contributed by atoms with E-state index in [0.29, 0.717) is 6.61 Å². The Morgan fingerprint density at radius 2 is 1.88 bits per heavy atom. The van der Waals surface area contributed by atoms with E-state index in [1.807, 2.05) is 60.3 Å². The molecule has 3 aromatic rings. The summed E-state index contributed by atoms with van der Waals surface area (Å²) in [7, 11) is 1.94. The molecule has 1 aliphatic heterocycles. The summed E-state index contributed by atoms with van der Waals surface area (Å²) in [6, 6.07) is 13.4. The van der Waals surface area contributed by atoms with Crippen LogP contribution in [0.2, 0.25) is 0 Å². The summed E-state index contributed by atoms with van der Waals surface area (Å²) >= 11 is 0. The molecule has 2 aliphatic rings. The molecule has 1 aromatic heterocycles. The van der Waals surface area contributed by atoms with Gasteiger partial charge in [0.2, 0.25) is 12.7 Å². The molecule has 0 spiro atoms. The van der Waals surface area contributed by atoms with Crippen molar-refractivity contribution in [3.05, 3.63) is 66.2 Å². The van der Waals surface area contributed by atoms with Crippen molar-refractivity contribution in [2.24, 2.45) is 7.05 Å². The first kappa shape index (κ1) is 20.4. The fraction of sp³-hybridized carbons (Fsp3) is 0.360. The highest BCUT2D eigenvalue weighted by Gasteiger charge is 2.42. The monoisotopic (exact) mass is 433 g/mol. The molecule has 0 radical (unpaired) electrons. The second-order valence-electron chi connectivity index (χ2n) is 8.43. The molecule has 1 N–H and O–H groups in total. The number of ether oxygens (including phenoxy) is 3. The number of aromatic nitrogens is 2. The van der Waals surface area contributed by atoms with Gasteiger partial charge in [0.05, 0.1) is 5.41 Å². The Labute approximate surface area is 187 Å². The Kier molecular flexibility index (Phi) is 5.47. The summed E-state index contributed by atoms with van der Waals surface area (Å²) < 4.78 is 18.8. The summed E-state index contributed by atoms with van der Waals surface area (Å²) in [5, 5.41) is 3.14. The first-order chi connectivity index (χ1) is 15.6. The summed E-state index contributed by atoms with van der Waals surface area (Å²) in [5.74, 6) is 3.06. The number of anilines is 1. The lowest BCUT2D eigenvalue weighted by Gasteiger charge is -2.36. The van der Waals surface area contributed by atoms with E-state index < -0.39 is 5.41 Å². The molecule has 1 amide bonds. The normalized spacial score (nSPS) is 16.5. The van der Waals surface area contributed by atoms with Crippen LogP contribution in [0.3, 0.4) is 0 Å². The van der Waals surface area contributed by atoms with E-state index in [1.54, 1.807) is 6.20 Å². The van der Waals surface area contributed by atoms with Crippen LogP contribution in [-0.2, 0) is 23.9 Å². The van der Waals surface area contributed by atoms with Crippen LogP contribution in [0.1, 0.15) is 43.5 Å². The third-order valence-electron chi connectivity index (χ3n) is 6.47. The van der Waals surface area contributed by atoms with Gasteiger partial charge in [-0.15, -0.1) is 0 Å². The highest BCUT2D eigenvalue weighted by atomic mass is 16.7. The van der Waals surface area contributed by atoms with Crippen molar-refractivity contribution >= 4 is 11.6 Å². The minimum absolute atomic E-state index is 0.0257. The first-order valence-corrected chi connectivity index (χ1v) is 11.0. The number of aryl methyl sites for hydroxylation is 1. The lowest BCUT2D eigenvalue weighted by molar-refractivity contribution is -0.122. The molecule has 1 fully saturated rings. The van der Waals surface area contributed by atoms with Crippen molar-refractivity contribution < 1.29 is 19.0 Å². The molecule has 0 saturated heterocycles. The predicted octanol–water partition coefficient (Wildman–Crippen LogP) is 4.57. The molecule has 2 heterocycles. The van der Waals surface area contributed by atoms with E-state index in [0.717, 1.165) is 66.4 Å². The van der Waals surface area contributed by atoms with Crippen LogP contribution in [0.5, 0.6) is 17.2 Å². The van der Waals surface area contributed by atoms with Gasteiger partial charge in [-0.3, -0.25) is 4.79 Å². The number of fused-ring (bicyclic) bond motifs is 1. The Hall–Kier alpha value is -3.48. The van der Waals surface area contributed by atoms with Crippen LogP contribution >= 0.6 is 0 Å². The molecule has 32 heavy (non-hydrogen) atoms. The van der Waals surface area contributed by atoms with Crippen molar-refractivity contribution in [3.63, 3.8) is 0 Å². The number of nitrogens with one attached hydrogen (secondary N) is 1. The third kappa shape index (κ3) is 3.90. The van der Waals surface area contributed by atoms with Gasteiger partial charge in [-0.25, -0.2) is 4.98 Å². The lowest BCUT2D eigenvalue weighted by atomic mass is 9.68. The van der Waals surface area contributed by atoms with E-state index in [2.05, 4.69) is 10.3 Å². The summed E-state index contributed by atoms with van der Waals surface area (Å²) in [4.78, 5) is 17.8. The number of benzene rings is 2. The Morgan fingerprint density at radius 3 is 2.62 bits per heavy atom. The minimum atomic E-state index is -0.563. The van der Waals surface area contributed by atoms with Crippen LogP contribution in [-0.4, -0.2) is 22.3 Å². The molecule has 5 rings (SSSR count). The molecule has 0 unspecified atom stereocenters. The number of imidazole rings is 1. The summed E-state index contributed by atoms with van der Waals surface area (Å²) in [6.07, 6.45) is 8.50. The van der Waals surface area contributed by atoms with E-state index in [1.165, 1.54) is 0 Å². The largest absolute Gasteiger partial charge is 0.486 e. The van der Waals surface area contributed by atoms with Gasteiger partial charge in [-0.2, -0.15) is 0 Å². The number of hydrogen-bond acceptors (Lipinski definition) is 5. The number of carbonyl (C=O) groups is 1. The van der Waals surface area contributed by atoms with Gasteiger partial charge in [-0.05, 0) is 54.8 Å². The number of nitrogens with zero attached hydrogens (tertiary/aromatic N) is 2. The molecular weight excluding hydrogens is 406 g/mol. The minimum Gasteiger partial charge on any atom is -0.486 e. The fourth-order valence-corrected chi connectivity index (χ4v) is 4.57. The van der Waals surface area contributed by atoms with Crippen molar-refractivity contribution in [1.29, 1.82) is 0 Å². The smallest absolute Gasteiger partial charge is 0.235 e. The topological polar surface area (TPSA) is 74.6 Å². The highest BCUT2D eigenvalue weighted by Crippen LogP contribution is 2.44. The number of rotatable bonds is 6. The van der Waals surface area contributed by atoms with Gasteiger partial charge in [0, 0.05) is 25.1 Å². The first-order valence-electron chi connectivity index (χ1n) is 11.0. The second kappa shape index (κ2) is 8.57. The molecular formula is C25H27N3O4. The van der Waals surface area contributed by atoms with E-state index in [9.17, 15) is 4.79 Å². The van der Waals surface area contributed by atoms with Gasteiger partial charge >= 0.3 is 0 Å². The van der Waals surface area contributed by atoms with Crippen LogP contribution in [0.15, 0.2) is 54.9 Å². The standard InChI is InChI=1S/C25H27N3O4/c1-28-14-13-26-23(28)16-30-20-8-6-19(7-9-20)27-24(29)25(11-3-2-4-12-25)18-5-10-21-22(15-18)32-17-31-21/h5-10,13-15H,2-4,11-12,16-17H2,1H3,(H,27,29). The number of carbonyl (C=O) groups excluding carboxylic acids is 1. The number of amides is 1. The Bertz CT molecular complexity index is 1100. The maximum absolute atomic E-state index is 13.6. The molecule has 2 aromatic carbocycles. The molecule has 1 aliphatic carbocycles. The van der Waals surface area contributed by atoms with Crippen LogP contribution in [0.25, 0.3) is 0 Å². The van der Waals surface area contributed by atoms with Crippen molar-refractivity contribution in [1.82, 2.24) is 9.55 Å². The van der Waals surface area contributed by atoms with Crippen molar-refractivity contribution in [3.8, 4) is 17.2 Å². The molecule has 0 bridgehead atoms. The zero-order valence-corrected chi connectivity index (χ0v) is 18.2. The fourth-order valence-electron chi connectivity index (χ4n) is 4.57. The highest BCUT2D eigenvalue weighted by molar-refractivity contribution is 5.99.